The van der Waals surface area contributed by atoms with Gasteiger partial charge in [0.2, 0.25) is 5.96 Å². The van der Waals surface area contributed by atoms with Gasteiger partial charge in [0.25, 0.3) is 11.9 Å². The number of guanidine groups is 1. The number of nitrogens with one attached hydrogen (secondary N) is 2. The van der Waals surface area contributed by atoms with Crippen LogP contribution in [0, 0.1) is 6.92 Å². The van der Waals surface area contributed by atoms with E-state index < -0.39 is 0 Å². The highest BCUT2D eigenvalue weighted by molar-refractivity contribution is 6.05. The summed E-state index contributed by atoms with van der Waals surface area (Å²) in [6.45, 7) is 1.87. The van der Waals surface area contributed by atoms with E-state index in [1.807, 2.05) is 31.2 Å². The predicted molar refractivity (Wildman–Crippen MR) is 83.8 cm³/mol. The standard InChI is InChI=1S/C15H14N6O/c1-9-11-4-2-3-5-12(11)19-15(18-9)21-14(16)20-13(22)10-6-7-17-8-10/h2-8,17H,1H3,(H3,16,18,19,20,21,22). The number of hydrogen-bond donors (Lipinski definition) is 3. The summed E-state index contributed by atoms with van der Waals surface area (Å²) in [6.07, 6.45) is 3.22. The number of H-pyrrole nitrogens is 1. The van der Waals surface area contributed by atoms with Crippen molar-refractivity contribution in [2.24, 2.45) is 10.7 Å². The number of carbonyl (C=O) groups excluding carboxylic acids is 1. The van der Waals surface area contributed by atoms with E-state index in [1.54, 1.807) is 18.5 Å². The summed E-state index contributed by atoms with van der Waals surface area (Å²) >= 11 is 0. The van der Waals surface area contributed by atoms with Crippen LogP contribution in [0.5, 0.6) is 0 Å². The van der Waals surface area contributed by atoms with Gasteiger partial charge in [-0.05, 0) is 19.1 Å². The molecular weight excluding hydrogens is 280 g/mol. The molecule has 1 amide bonds. The second kappa shape index (κ2) is 5.65. The molecule has 2 aromatic heterocycles. The fourth-order valence-corrected chi connectivity index (χ4v) is 2.06. The molecule has 0 saturated carbocycles. The van der Waals surface area contributed by atoms with E-state index in [2.05, 4.69) is 25.3 Å². The first kappa shape index (κ1) is 13.7. The molecule has 110 valence electrons. The summed E-state index contributed by atoms with van der Waals surface area (Å²) in [5.74, 6) is -0.191. The largest absolute Gasteiger partial charge is 0.369 e. The fraction of sp³-hybridized carbons (Fsp3) is 0.0667. The molecule has 0 aliphatic carbocycles. The lowest BCUT2D eigenvalue weighted by Crippen LogP contribution is -2.36. The van der Waals surface area contributed by atoms with Crippen LogP contribution in [0.4, 0.5) is 5.95 Å². The van der Waals surface area contributed by atoms with Crippen LogP contribution < -0.4 is 11.1 Å². The number of aliphatic imine (C=N–C) groups is 1. The topological polar surface area (TPSA) is 109 Å². The van der Waals surface area contributed by atoms with Gasteiger partial charge < -0.3 is 10.7 Å². The van der Waals surface area contributed by atoms with Crippen LogP contribution in [-0.4, -0.2) is 26.8 Å². The lowest BCUT2D eigenvalue weighted by Gasteiger charge is -2.04. The normalized spacial score (nSPS) is 11.6. The average Bonchev–Trinajstić information content (AvgIpc) is 3.01. The molecule has 4 N–H and O–H groups in total. The highest BCUT2D eigenvalue weighted by Gasteiger charge is 2.08. The second-order valence-corrected chi connectivity index (χ2v) is 4.68. The molecule has 0 atom stereocenters. The summed E-state index contributed by atoms with van der Waals surface area (Å²) in [5, 5.41) is 3.44. The zero-order valence-corrected chi connectivity index (χ0v) is 11.9. The molecule has 22 heavy (non-hydrogen) atoms. The van der Waals surface area contributed by atoms with Gasteiger partial charge in [0.05, 0.1) is 16.8 Å². The van der Waals surface area contributed by atoms with Crippen molar-refractivity contribution in [1.82, 2.24) is 20.3 Å². The molecular formula is C15H14N6O. The van der Waals surface area contributed by atoms with E-state index in [4.69, 9.17) is 5.73 Å². The third-order valence-electron chi connectivity index (χ3n) is 3.10. The first-order chi connectivity index (χ1) is 10.6. The van der Waals surface area contributed by atoms with Crippen molar-refractivity contribution in [2.75, 3.05) is 0 Å². The lowest BCUT2D eigenvalue weighted by atomic mass is 10.2. The minimum absolute atomic E-state index is 0.0547. The quantitative estimate of drug-likeness (QED) is 0.493. The number of aromatic nitrogens is 3. The fourth-order valence-electron chi connectivity index (χ4n) is 2.06. The van der Waals surface area contributed by atoms with Gasteiger partial charge in [-0.25, -0.2) is 9.97 Å². The van der Waals surface area contributed by atoms with Crippen molar-refractivity contribution in [1.29, 1.82) is 0 Å². The van der Waals surface area contributed by atoms with E-state index in [0.717, 1.165) is 16.6 Å². The molecule has 0 aliphatic rings. The maximum atomic E-state index is 11.9. The van der Waals surface area contributed by atoms with Gasteiger partial charge >= 0.3 is 0 Å². The molecule has 0 radical (unpaired) electrons. The molecule has 0 fully saturated rings. The van der Waals surface area contributed by atoms with Gasteiger partial charge in [0, 0.05) is 17.8 Å². The van der Waals surface area contributed by atoms with E-state index in [0.29, 0.717) is 5.56 Å². The number of nitrogens with zero attached hydrogens (tertiary/aromatic N) is 3. The van der Waals surface area contributed by atoms with E-state index >= 15 is 0 Å². The molecule has 0 bridgehead atoms. The SMILES string of the molecule is Cc1nc(/N=C(\N)NC(=O)c2cc[nH]c2)nc2ccccc12. The molecule has 3 rings (SSSR count). The molecule has 0 aliphatic heterocycles. The number of para-hydroxylation sites is 1. The summed E-state index contributed by atoms with van der Waals surface area (Å²) in [4.78, 5) is 27.3. The van der Waals surface area contributed by atoms with Gasteiger partial charge in [-0.1, -0.05) is 18.2 Å². The highest BCUT2D eigenvalue weighted by atomic mass is 16.1. The van der Waals surface area contributed by atoms with Crippen LogP contribution in [0.25, 0.3) is 10.9 Å². The van der Waals surface area contributed by atoms with Gasteiger partial charge in [-0.3, -0.25) is 10.1 Å². The predicted octanol–water partition coefficient (Wildman–Crippen LogP) is 1.64. The van der Waals surface area contributed by atoms with Gasteiger partial charge in [-0.2, -0.15) is 4.99 Å². The highest BCUT2D eigenvalue weighted by Crippen LogP contribution is 2.17. The number of hydrogen-bond acceptors (Lipinski definition) is 4. The van der Waals surface area contributed by atoms with Crippen molar-refractivity contribution in [3.8, 4) is 0 Å². The molecule has 0 unspecified atom stereocenters. The lowest BCUT2D eigenvalue weighted by molar-refractivity contribution is 0.0977. The van der Waals surface area contributed by atoms with Crippen molar-refractivity contribution in [3.05, 3.63) is 54.0 Å². The Balaban J connectivity index is 1.86. The Kier molecular flexibility index (Phi) is 3.53. The molecule has 1 aromatic carbocycles. The van der Waals surface area contributed by atoms with Crippen LogP contribution >= 0.6 is 0 Å². The van der Waals surface area contributed by atoms with E-state index in [-0.39, 0.29) is 17.8 Å². The Morgan fingerprint density at radius 1 is 1.27 bits per heavy atom. The van der Waals surface area contributed by atoms with Crippen LogP contribution in [0.1, 0.15) is 16.1 Å². The average molecular weight is 294 g/mol. The minimum Gasteiger partial charge on any atom is -0.369 e. The van der Waals surface area contributed by atoms with Crippen molar-refractivity contribution < 1.29 is 4.79 Å². The Morgan fingerprint density at radius 2 is 2.09 bits per heavy atom. The van der Waals surface area contributed by atoms with Crippen LogP contribution in [0.3, 0.4) is 0 Å². The third kappa shape index (κ3) is 2.78. The third-order valence-corrected chi connectivity index (χ3v) is 3.10. The van der Waals surface area contributed by atoms with Crippen molar-refractivity contribution in [2.45, 2.75) is 6.92 Å². The zero-order valence-electron chi connectivity index (χ0n) is 11.9. The zero-order chi connectivity index (χ0) is 15.5. The Morgan fingerprint density at radius 3 is 2.86 bits per heavy atom. The molecule has 7 heteroatoms. The monoisotopic (exact) mass is 294 g/mol. The first-order valence-electron chi connectivity index (χ1n) is 6.65. The van der Waals surface area contributed by atoms with Crippen LogP contribution in [-0.2, 0) is 0 Å². The summed E-state index contributed by atoms with van der Waals surface area (Å²) in [5.41, 5.74) is 7.78. The molecule has 2 heterocycles. The Labute approximate surface area is 126 Å². The number of carbonyl (C=O) groups is 1. The maximum absolute atomic E-state index is 11.9. The van der Waals surface area contributed by atoms with Crippen molar-refractivity contribution >= 4 is 28.7 Å². The summed E-state index contributed by atoms with van der Waals surface area (Å²) in [6, 6.07) is 9.26. The number of fused-ring (bicyclic) bond motifs is 1. The minimum atomic E-state index is -0.347. The second-order valence-electron chi connectivity index (χ2n) is 4.68. The summed E-state index contributed by atoms with van der Waals surface area (Å²) < 4.78 is 0. The van der Waals surface area contributed by atoms with Crippen LogP contribution in [0.2, 0.25) is 0 Å². The summed E-state index contributed by atoms with van der Waals surface area (Å²) in [7, 11) is 0. The van der Waals surface area contributed by atoms with Gasteiger partial charge in [0.15, 0.2) is 0 Å². The van der Waals surface area contributed by atoms with E-state index in [1.165, 1.54) is 0 Å². The number of rotatable bonds is 2. The number of amides is 1. The molecule has 3 aromatic rings. The number of benzene rings is 1. The number of nitrogens with two attached hydrogens (primary N) is 1. The van der Waals surface area contributed by atoms with E-state index in [9.17, 15) is 4.79 Å². The van der Waals surface area contributed by atoms with Gasteiger partial charge in [0.1, 0.15) is 0 Å². The smallest absolute Gasteiger partial charge is 0.259 e. The van der Waals surface area contributed by atoms with Gasteiger partial charge in [-0.15, -0.1) is 0 Å². The molecule has 7 nitrogen and oxygen atoms in total. The first-order valence-corrected chi connectivity index (χ1v) is 6.65. The molecule has 0 spiro atoms. The Hall–Kier alpha value is -3.22. The van der Waals surface area contributed by atoms with Crippen LogP contribution in [0.15, 0.2) is 47.7 Å². The number of aromatic amines is 1. The Bertz CT molecular complexity index is 854. The maximum Gasteiger partial charge on any atom is 0.259 e. The molecule has 0 saturated heterocycles. The van der Waals surface area contributed by atoms with Crippen molar-refractivity contribution in [3.63, 3.8) is 0 Å². The number of aryl methyl sites for hydroxylation is 1.